The van der Waals surface area contributed by atoms with Crippen molar-refractivity contribution in [2.24, 2.45) is 0 Å². The predicted octanol–water partition coefficient (Wildman–Crippen LogP) is 1.02. The van der Waals surface area contributed by atoms with Crippen LogP contribution < -0.4 is 5.32 Å². The topological polar surface area (TPSA) is 59.8 Å². The number of carbonyl (C=O) groups excluding carboxylic acids is 1. The van der Waals surface area contributed by atoms with Crippen molar-refractivity contribution in [3.05, 3.63) is 42.2 Å². The van der Waals surface area contributed by atoms with E-state index in [9.17, 15) is 4.79 Å². The molecular weight excluding hydrogens is 204 g/mol. The van der Waals surface area contributed by atoms with Gasteiger partial charge in [-0.15, -0.1) is 5.10 Å². The lowest BCUT2D eigenvalue weighted by Crippen LogP contribution is -2.22. The second kappa shape index (κ2) is 4.57. The molecule has 0 saturated heterocycles. The SMILES string of the molecule is CCNC(=O)c1cn(-c2ccccc2)nn1. The molecule has 2 rings (SSSR count). The molecule has 0 spiro atoms. The summed E-state index contributed by atoms with van der Waals surface area (Å²) < 4.78 is 1.57. The number of hydrogen-bond acceptors (Lipinski definition) is 3. The van der Waals surface area contributed by atoms with Gasteiger partial charge in [-0.3, -0.25) is 4.79 Å². The van der Waals surface area contributed by atoms with Crippen LogP contribution in [0.3, 0.4) is 0 Å². The number of rotatable bonds is 3. The molecule has 1 aromatic heterocycles. The van der Waals surface area contributed by atoms with E-state index in [1.54, 1.807) is 10.9 Å². The highest BCUT2D eigenvalue weighted by atomic mass is 16.1. The molecule has 16 heavy (non-hydrogen) atoms. The van der Waals surface area contributed by atoms with Crippen molar-refractivity contribution in [3.8, 4) is 5.69 Å². The molecule has 5 nitrogen and oxygen atoms in total. The third-order valence-electron chi connectivity index (χ3n) is 2.08. The molecule has 5 heteroatoms. The number of aromatic nitrogens is 3. The van der Waals surface area contributed by atoms with E-state index in [2.05, 4.69) is 15.6 Å². The second-order valence-corrected chi connectivity index (χ2v) is 3.24. The maximum absolute atomic E-state index is 11.5. The van der Waals surface area contributed by atoms with Crippen molar-refractivity contribution in [2.45, 2.75) is 6.92 Å². The molecule has 1 heterocycles. The summed E-state index contributed by atoms with van der Waals surface area (Å²) in [5.74, 6) is -0.204. The van der Waals surface area contributed by atoms with Crippen LogP contribution in [0.5, 0.6) is 0 Å². The predicted molar refractivity (Wildman–Crippen MR) is 59.4 cm³/mol. The summed E-state index contributed by atoms with van der Waals surface area (Å²) in [6.07, 6.45) is 1.61. The van der Waals surface area contributed by atoms with E-state index >= 15 is 0 Å². The molecule has 1 amide bonds. The summed E-state index contributed by atoms with van der Waals surface area (Å²) in [7, 11) is 0. The van der Waals surface area contributed by atoms with Crippen molar-refractivity contribution in [2.75, 3.05) is 6.54 Å². The molecule has 0 atom stereocenters. The first-order valence-corrected chi connectivity index (χ1v) is 5.07. The zero-order chi connectivity index (χ0) is 11.4. The largest absolute Gasteiger partial charge is 0.351 e. The average Bonchev–Trinajstić information content (AvgIpc) is 2.80. The number of hydrogen-bond donors (Lipinski definition) is 1. The quantitative estimate of drug-likeness (QED) is 0.833. The van der Waals surface area contributed by atoms with Crippen LogP contribution in [0.1, 0.15) is 17.4 Å². The van der Waals surface area contributed by atoms with Crippen LogP contribution >= 0.6 is 0 Å². The Balaban J connectivity index is 2.23. The highest BCUT2D eigenvalue weighted by molar-refractivity contribution is 5.91. The zero-order valence-corrected chi connectivity index (χ0v) is 8.92. The lowest BCUT2D eigenvalue weighted by atomic mass is 10.3. The number of carbonyl (C=O) groups is 1. The van der Waals surface area contributed by atoms with Gasteiger partial charge in [-0.25, -0.2) is 4.68 Å². The van der Waals surface area contributed by atoms with E-state index in [4.69, 9.17) is 0 Å². The van der Waals surface area contributed by atoms with Crippen molar-refractivity contribution in [3.63, 3.8) is 0 Å². The number of amides is 1. The van der Waals surface area contributed by atoms with Gasteiger partial charge in [-0.1, -0.05) is 23.4 Å². The van der Waals surface area contributed by atoms with Crippen LogP contribution in [-0.4, -0.2) is 27.4 Å². The van der Waals surface area contributed by atoms with Gasteiger partial charge >= 0.3 is 0 Å². The van der Waals surface area contributed by atoms with Gasteiger partial charge in [0.2, 0.25) is 0 Å². The molecule has 0 saturated carbocycles. The van der Waals surface area contributed by atoms with E-state index in [1.807, 2.05) is 37.3 Å². The van der Waals surface area contributed by atoms with Crippen LogP contribution in [-0.2, 0) is 0 Å². The summed E-state index contributed by atoms with van der Waals surface area (Å²) in [6, 6.07) is 9.53. The molecule has 0 radical (unpaired) electrons. The van der Waals surface area contributed by atoms with Gasteiger partial charge < -0.3 is 5.32 Å². The minimum atomic E-state index is -0.204. The van der Waals surface area contributed by atoms with Gasteiger partial charge in [-0.2, -0.15) is 0 Å². The summed E-state index contributed by atoms with van der Waals surface area (Å²) >= 11 is 0. The van der Waals surface area contributed by atoms with Gasteiger partial charge in [0, 0.05) is 6.54 Å². The van der Waals surface area contributed by atoms with Crippen LogP contribution in [0.4, 0.5) is 0 Å². The monoisotopic (exact) mass is 216 g/mol. The molecule has 0 aliphatic carbocycles. The molecule has 0 bridgehead atoms. The van der Waals surface area contributed by atoms with Crippen molar-refractivity contribution in [1.29, 1.82) is 0 Å². The summed E-state index contributed by atoms with van der Waals surface area (Å²) in [5.41, 5.74) is 1.20. The van der Waals surface area contributed by atoms with Gasteiger partial charge in [0.15, 0.2) is 5.69 Å². The average molecular weight is 216 g/mol. The smallest absolute Gasteiger partial charge is 0.273 e. The third-order valence-corrected chi connectivity index (χ3v) is 2.08. The fraction of sp³-hybridized carbons (Fsp3) is 0.182. The minimum Gasteiger partial charge on any atom is -0.351 e. The molecule has 0 unspecified atom stereocenters. The van der Waals surface area contributed by atoms with Crippen LogP contribution in [0, 0.1) is 0 Å². The Kier molecular flexibility index (Phi) is 2.95. The van der Waals surface area contributed by atoms with Crippen molar-refractivity contribution >= 4 is 5.91 Å². The number of benzene rings is 1. The van der Waals surface area contributed by atoms with E-state index in [-0.39, 0.29) is 5.91 Å². The molecule has 82 valence electrons. The first-order chi connectivity index (χ1) is 7.81. The second-order valence-electron chi connectivity index (χ2n) is 3.24. The van der Waals surface area contributed by atoms with Crippen LogP contribution in [0.2, 0.25) is 0 Å². The van der Waals surface area contributed by atoms with E-state index in [0.29, 0.717) is 12.2 Å². The summed E-state index contributed by atoms with van der Waals surface area (Å²) in [6.45, 7) is 2.44. The molecule has 2 aromatic rings. The zero-order valence-electron chi connectivity index (χ0n) is 8.92. The van der Waals surface area contributed by atoms with Crippen molar-refractivity contribution < 1.29 is 4.79 Å². The van der Waals surface area contributed by atoms with Crippen molar-refractivity contribution in [1.82, 2.24) is 20.3 Å². The number of para-hydroxylation sites is 1. The first-order valence-electron chi connectivity index (χ1n) is 5.07. The summed E-state index contributed by atoms with van der Waals surface area (Å²) in [5, 5.41) is 10.4. The summed E-state index contributed by atoms with van der Waals surface area (Å²) in [4.78, 5) is 11.5. The van der Waals surface area contributed by atoms with Gasteiger partial charge in [0.1, 0.15) is 0 Å². The molecule has 1 N–H and O–H groups in total. The molecule has 0 aliphatic rings. The van der Waals surface area contributed by atoms with E-state index in [0.717, 1.165) is 5.69 Å². The Labute approximate surface area is 93.1 Å². The molecular formula is C11H12N4O. The minimum absolute atomic E-state index is 0.204. The fourth-order valence-electron chi connectivity index (χ4n) is 1.33. The van der Waals surface area contributed by atoms with E-state index in [1.165, 1.54) is 0 Å². The highest BCUT2D eigenvalue weighted by Gasteiger charge is 2.09. The Morgan fingerprint density at radius 2 is 2.12 bits per heavy atom. The van der Waals surface area contributed by atoms with Gasteiger partial charge in [0.05, 0.1) is 11.9 Å². The normalized spacial score (nSPS) is 10.1. The fourth-order valence-corrected chi connectivity index (χ4v) is 1.33. The van der Waals surface area contributed by atoms with Gasteiger partial charge in [-0.05, 0) is 19.1 Å². The van der Waals surface area contributed by atoms with Crippen LogP contribution in [0.15, 0.2) is 36.5 Å². The lowest BCUT2D eigenvalue weighted by molar-refractivity contribution is 0.0951. The van der Waals surface area contributed by atoms with E-state index < -0.39 is 0 Å². The number of nitrogens with zero attached hydrogens (tertiary/aromatic N) is 3. The molecule has 0 fully saturated rings. The maximum atomic E-state index is 11.5. The van der Waals surface area contributed by atoms with Crippen LogP contribution in [0.25, 0.3) is 5.69 Å². The maximum Gasteiger partial charge on any atom is 0.273 e. The Bertz CT molecular complexity index is 478. The van der Waals surface area contributed by atoms with Gasteiger partial charge in [0.25, 0.3) is 5.91 Å². The molecule has 0 aliphatic heterocycles. The standard InChI is InChI=1S/C11H12N4O/c1-2-12-11(16)10-8-15(14-13-10)9-6-4-3-5-7-9/h3-8H,2H2,1H3,(H,12,16). The lowest BCUT2D eigenvalue weighted by Gasteiger charge is -1.97. The first kappa shape index (κ1) is 10.4. The Morgan fingerprint density at radius 3 is 2.81 bits per heavy atom. The Morgan fingerprint density at radius 1 is 1.38 bits per heavy atom. The number of nitrogens with one attached hydrogen (secondary N) is 1. The third kappa shape index (κ3) is 2.08. The highest BCUT2D eigenvalue weighted by Crippen LogP contribution is 2.05. The Hall–Kier alpha value is -2.17. The molecule has 1 aromatic carbocycles.